The van der Waals surface area contributed by atoms with Gasteiger partial charge in [-0.1, -0.05) is 62.9 Å². The highest BCUT2D eigenvalue weighted by atomic mass is 32.1. The second kappa shape index (κ2) is 21.6. The first-order valence-electron chi connectivity index (χ1n) is 22.3. The zero-order chi connectivity index (χ0) is 41.7. The normalized spacial score (nSPS) is 18.2. The number of aromatic nitrogens is 1. The number of fused-ring (bicyclic) bond motifs is 1. The van der Waals surface area contributed by atoms with Crippen LogP contribution in [0, 0.1) is 0 Å². The van der Waals surface area contributed by atoms with Crippen LogP contribution in [0.4, 0.5) is 5.69 Å². The van der Waals surface area contributed by atoms with Crippen molar-refractivity contribution in [2.24, 2.45) is 0 Å². The van der Waals surface area contributed by atoms with Gasteiger partial charge in [0.25, 0.3) is 11.8 Å². The Hall–Kier alpha value is -4.08. The zero-order valence-corrected chi connectivity index (χ0v) is 36.2. The van der Waals surface area contributed by atoms with Crippen LogP contribution in [0.3, 0.4) is 0 Å². The number of morpholine rings is 1. The lowest BCUT2D eigenvalue weighted by atomic mass is 9.89. The van der Waals surface area contributed by atoms with Crippen LogP contribution in [0.15, 0.2) is 42.6 Å². The van der Waals surface area contributed by atoms with Crippen molar-refractivity contribution in [1.29, 1.82) is 0 Å². The Morgan fingerprint density at radius 3 is 2.72 bits per heavy atom. The Morgan fingerprint density at radius 1 is 1.05 bits per heavy atom. The number of piperidine rings is 1. The summed E-state index contributed by atoms with van der Waals surface area (Å²) in [5.41, 5.74) is 3.48. The minimum Gasteiger partial charge on any atom is -0.506 e. The predicted octanol–water partition coefficient (Wildman–Crippen LogP) is 5.97. The summed E-state index contributed by atoms with van der Waals surface area (Å²) in [4.78, 5) is 50.5. The van der Waals surface area contributed by atoms with E-state index in [9.17, 15) is 19.5 Å². The van der Waals surface area contributed by atoms with Crippen LogP contribution in [0.2, 0.25) is 0 Å². The first kappa shape index (κ1) is 44.0. The molecule has 1 saturated carbocycles. The third-order valence-corrected chi connectivity index (χ3v) is 13.5. The first-order chi connectivity index (χ1) is 29.3. The number of hydrogen-bond donors (Lipinski definition) is 3. The number of phenols is 1. The molecule has 0 unspecified atom stereocenters. The van der Waals surface area contributed by atoms with E-state index >= 15 is 0 Å². The fraction of sp³-hybridized carbons (Fsp3) is 0.609. The van der Waals surface area contributed by atoms with Crippen molar-refractivity contribution in [2.45, 2.75) is 109 Å². The van der Waals surface area contributed by atoms with E-state index in [4.69, 9.17) is 14.2 Å². The van der Waals surface area contributed by atoms with E-state index < -0.39 is 0 Å². The van der Waals surface area contributed by atoms with Crippen LogP contribution in [-0.4, -0.2) is 126 Å². The number of carbonyl (C=O) groups excluding carboxylic acids is 3. The molecule has 3 amide bonds. The number of rotatable bonds is 19. The number of phenolic OH excluding ortho intramolecular Hbond substituents is 1. The molecule has 2 aromatic carbocycles. The van der Waals surface area contributed by atoms with Crippen LogP contribution in [0.25, 0.3) is 0 Å². The molecule has 1 aliphatic carbocycles. The molecule has 13 nitrogen and oxygen atoms in total. The van der Waals surface area contributed by atoms with E-state index in [-0.39, 0.29) is 41.7 Å². The average molecular weight is 845 g/mol. The summed E-state index contributed by atoms with van der Waals surface area (Å²) in [5, 5.41) is 17.4. The van der Waals surface area contributed by atoms with Crippen molar-refractivity contribution in [3.05, 3.63) is 69.2 Å². The van der Waals surface area contributed by atoms with Gasteiger partial charge in [-0.15, -0.1) is 11.3 Å². The summed E-state index contributed by atoms with van der Waals surface area (Å²) >= 11 is 1.54. The van der Waals surface area contributed by atoms with Gasteiger partial charge in [-0.3, -0.25) is 19.3 Å². The highest BCUT2D eigenvalue weighted by Crippen LogP contribution is 2.39. The molecule has 4 aliphatic rings. The predicted molar refractivity (Wildman–Crippen MR) is 233 cm³/mol. The second-order valence-electron chi connectivity index (χ2n) is 16.9. The van der Waals surface area contributed by atoms with E-state index in [2.05, 4.69) is 56.6 Å². The molecule has 3 N–H and O–H groups in total. The van der Waals surface area contributed by atoms with Crippen LogP contribution < -0.4 is 15.4 Å². The van der Waals surface area contributed by atoms with Crippen LogP contribution in [0.1, 0.15) is 103 Å². The lowest BCUT2D eigenvalue weighted by Gasteiger charge is -2.47. The number of likely N-dealkylation sites (tertiary alicyclic amines) is 1. The summed E-state index contributed by atoms with van der Waals surface area (Å²) < 4.78 is 18.1. The van der Waals surface area contributed by atoms with Crippen molar-refractivity contribution < 1.29 is 33.7 Å². The number of ether oxygens (including phenoxy) is 3. The standard InChI is InChI=1S/C46H64N6O7S/c1-2-3-12-41-48-30-39(60-41)45(56)51-25-28-59-46(33-51)18-22-50(23-19-46)31-35-9-7-8-34(29-35)16-26-57-27-17-42(55)52(37-10-5-4-6-11-37)24-21-47-20-15-36-13-14-38(53)43-44(36)58-32-40(54)49-43/h7-9,13-14,29-30,37,47,53H,2-6,10-12,15-28,31-33H2,1H3,(H,49,54). The SMILES string of the molecule is CCCCc1ncc(C(=O)N2CCOC3(CCN(Cc4cccc(CCOCCC(=O)N(CCNCCc5ccc(O)c6c5OCC(=O)N6)C5CCCCC5)c4)CC3)C2)s1. The molecule has 3 fully saturated rings. The van der Waals surface area contributed by atoms with Crippen molar-refractivity contribution in [3.63, 3.8) is 0 Å². The van der Waals surface area contributed by atoms with Gasteiger partial charge in [0, 0.05) is 45.3 Å². The highest BCUT2D eigenvalue weighted by Gasteiger charge is 2.41. The van der Waals surface area contributed by atoms with E-state index in [1.54, 1.807) is 23.6 Å². The van der Waals surface area contributed by atoms with Crippen molar-refractivity contribution in [3.8, 4) is 11.5 Å². The summed E-state index contributed by atoms with van der Waals surface area (Å²) in [6, 6.07) is 12.4. The number of amides is 3. The molecule has 4 heterocycles. The summed E-state index contributed by atoms with van der Waals surface area (Å²) in [6.07, 6.45) is 14.2. The fourth-order valence-electron chi connectivity index (χ4n) is 9.05. The van der Waals surface area contributed by atoms with E-state index in [1.807, 2.05) is 11.0 Å². The molecule has 2 saturated heterocycles. The summed E-state index contributed by atoms with van der Waals surface area (Å²) in [6.45, 7) is 9.66. The third kappa shape index (κ3) is 11.8. The quantitative estimate of drug-likeness (QED) is 0.0975. The van der Waals surface area contributed by atoms with Gasteiger partial charge in [0.1, 0.15) is 16.3 Å². The van der Waals surface area contributed by atoms with Crippen LogP contribution in [-0.2, 0) is 44.9 Å². The number of thiazole rings is 1. The average Bonchev–Trinajstić information content (AvgIpc) is 3.75. The van der Waals surface area contributed by atoms with Crippen LogP contribution in [0.5, 0.6) is 11.5 Å². The molecule has 0 atom stereocenters. The molecule has 60 heavy (non-hydrogen) atoms. The van der Waals surface area contributed by atoms with E-state index in [0.29, 0.717) is 76.8 Å². The maximum atomic E-state index is 13.6. The minimum absolute atomic E-state index is 0.00370. The molecule has 3 aliphatic heterocycles. The van der Waals surface area contributed by atoms with Crippen LogP contribution >= 0.6 is 11.3 Å². The van der Waals surface area contributed by atoms with Gasteiger partial charge in [-0.25, -0.2) is 4.98 Å². The van der Waals surface area contributed by atoms with E-state index in [1.165, 1.54) is 17.5 Å². The molecular weight excluding hydrogens is 781 g/mol. The Bertz CT molecular complexity index is 1890. The first-order valence-corrected chi connectivity index (χ1v) is 23.1. The van der Waals surface area contributed by atoms with Gasteiger partial charge >= 0.3 is 0 Å². The van der Waals surface area contributed by atoms with Gasteiger partial charge in [0.2, 0.25) is 5.91 Å². The third-order valence-electron chi connectivity index (χ3n) is 12.5. The Labute approximate surface area is 359 Å². The molecule has 326 valence electrons. The fourth-order valence-corrected chi connectivity index (χ4v) is 9.97. The number of unbranched alkanes of at least 4 members (excludes halogenated alkanes) is 1. The lowest BCUT2D eigenvalue weighted by Crippen LogP contribution is -2.57. The highest BCUT2D eigenvalue weighted by molar-refractivity contribution is 7.13. The van der Waals surface area contributed by atoms with Gasteiger partial charge in [0.15, 0.2) is 12.4 Å². The number of aryl methyl sites for hydroxylation is 1. The van der Waals surface area contributed by atoms with Crippen molar-refractivity contribution in [2.75, 3.05) is 77.6 Å². The maximum Gasteiger partial charge on any atom is 0.265 e. The van der Waals surface area contributed by atoms with Gasteiger partial charge in [-0.2, -0.15) is 0 Å². The number of anilines is 1. The second-order valence-corrected chi connectivity index (χ2v) is 18.0. The number of hydrogen-bond acceptors (Lipinski definition) is 11. The van der Waals surface area contributed by atoms with Gasteiger partial charge < -0.3 is 39.8 Å². The van der Waals surface area contributed by atoms with Gasteiger partial charge in [-0.05, 0) is 80.7 Å². The number of carbonyl (C=O) groups is 3. The zero-order valence-electron chi connectivity index (χ0n) is 35.4. The monoisotopic (exact) mass is 844 g/mol. The molecule has 14 heteroatoms. The number of nitrogens with one attached hydrogen (secondary N) is 2. The topological polar surface area (TPSA) is 146 Å². The largest absolute Gasteiger partial charge is 0.506 e. The minimum atomic E-state index is -0.279. The summed E-state index contributed by atoms with van der Waals surface area (Å²) in [5.74, 6) is 0.485. The van der Waals surface area contributed by atoms with Crippen molar-refractivity contribution in [1.82, 2.24) is 25.0 Å². The lowest BCUT2D eigenvalue weighted by molar-refractivity contribution is -0.135. The number of nitrogens with zero attached hydrogens (tertiary/aromatic N) is 4. The Morgan fingerprint density at radius 2 is 1.88 bits per heavy atom. The molecule has 1 aromatic heterocycles. The molecule has 0 radical (unpaired) electrons. The number of benzene rings is 2. The molecule has 0 bridgehead atoms. The Balaban J connectivity index is 0.807. The number of aromatic hydroxyl groups is 1. The van der Waals surface area contributed by atoms with Gasteiger partial charge in [0.05, 0.1) is 49.6 Å². The smallest absolute Gasteiger partial charge is 0.265 e. The molecule has 3 aromatic rings. The van der Waals surface area contributed by atoms with Crippen molar-refractivity contribution >= 4 is 34.7 Å². The maximum absolute atomic E-state index is 13.6. The Kier molecular flexibility index (Phi) is 15.9. The molecule has 1 spiro atoms. The van der Waals surface area contributed by atoms with E-state index in [0.717, 1.165) is 99.3 Å². The molecule has 7 rings (SSSR count). The molecular formula is C46H64N6O7S. The summed E-state index contributed by atoms with van der Waals surface area (Å²) in [7, 11) is 0.